The normalized spacial score (nSPS) is 10.6. The number of hydrogen-bond donors (Lipinski definition) is 0. The van der Waals surface area contributed by atoms with Gasteiger partial charge in [-0.05, 0) is 29.8 Å². The van der Waals surface area contributed by atoms with Gasteiger partial charge in [-0.1, -0.05) is 23.1 Å². The first-order valence-corrected chi connectivity index (χ1v) is 9.30. The molecule has 0 fully saturated rings. The molecule has 0 aliphatic rings. The zero-order chi connectivity index (χ0) is 19.4. The second-order valence-corrected chi connectivity index (χ2v) is 7.46. The van der Waals surface area contributed by atoms with Crippen LogP contribution < -0.4 is 4.74 Å². The summed E-state index contributed by atoms with van der Waals surface area (Å²) in [7, 11) is 1.59. The van der Waals surface area contributed by atoms with Crippen molar-refractivity contribution in [1.82, 2.24) is 10.2 Å². The Hall–Kier alpha value is -3.05. The zero-order valence-corrected chi connectivity index (χ0v) is 15.5. The predicted molar refractivity (Wildman–Crippen MR) is 101 cm³/mol. The highest BCUT2D eigenvalue weighted by atomic mass is 32.2. The van der Waals surface area contributed by atoms with Crippen LogP contribution in [0.4, 0.5) is 11.4 Å². The summed E-state index contributed by atoms with van der Waals surface area (Å²) in [5, 5.41) is 30.9. The first-order valence-electron chi connectivity index (χ1n) is 7.50. The SMILES string of the molecule is COc1ccc(-c2nnc(SCc3cc([N+](=O)[O-])cc([N+](=O)[O-])c3)s2)cc1. The molecule has 27 heavy (non-hydrogen) atoms. The molecule has 2 aromatic carbocycles. The molecule has 9 nitrogen and oxygen atoms in total. The summed E-state index contributed by atoms with van der Waals surface area (Å²) in [5.74, 6) is 1.05. The van der Waals surface area contributed by atoms with Gasteiger partial charge >= 0.3 is 0 Å². The van der Waals surface area contributed by atoms with E-state index in [-0.39, 0.29) is 11.4 Å². The minimum Gasteiger partial charge on any atom is -0.497 e. The highest BCUT2D eigenvalue weighted by Gasteiger charge is 2.17. The van der Waals surface area contributed by atoms with Gasteiger partial charge in [0.1, 0.15) is 10.8 Å². The van der Waals surface area contributed by atoms with E-state index < -0.39 is 9.85 Å². The maximum Gasteiger partial charge on any atom is 0.276 e. The molecule has 0 unspecified atom stereocenters. The van der Waals surface area contributed by atoms with Crippen molar-refractivity contribution in [3.8, 4) is 16.3 Å². The molecule has 0 amide bonds. The molecule has 0 saturated carbocycles. The van der Waals surface area contributed by atoms with E-state index in [9.17, 15) is 20.2 Å². The van der Waals surface area contributed by atoms with Crippen LogP contribution in [0.1, 0.15) is 5.56 Å². The van der Waals surface area contributed by atoms with Crippen LogP contribution in [0.5, 0.6) is 5.75 Å². The number of nitrogens with zero attached hydrogens (tertiary/aromatic N) is 4. The van der Waals surface area contributed by atoms with Gasteiger partial charge in [-0.25, -0.2) is 0 Å². The van der Waals surface area contributed by atoms with E-state index in [0.29, 0.717) is 15.7 Å². The molecule has 138 valence electrons. The van der Waals surface area contributed by atoms with Gasteiger partial charge in [-0.2, -0.15) is 0 Å². The summed E-state index contributed by atoms with van der Waals surface area (Å²) in [5.41, 5.74) is 0.750. The fourth-order valence-corrected chi connectivity index (χ4v) is 4.00. The number of nitro groups is 2. The third-order valence-corrected chi connectivity index (χ3v) is 5.67. The standard InChI is InChI=1S/C16H12N4O5S2/c1-25-14-4-2-11(3-5-14)15-17-18-16(27-15)26-9-10-6-12(19(21)22)8-13(7-10)20(23)24/h2-8H,9H2,1H3. The van der Waals surface area contributed by atoms with Crippen molar-refractivity contribution in [1.29, 1.82) is 0 Å². The van der Waals surface area contributed by atoms with Crippen LogP contribution in [-0.4, -0.2) is 27.2 Å². The monoisotopic (exact) mass is 404 g/mol. The van der Waals surface area contributed by atoms with Crippen molar-refractivity contribution in [2.24, 2.45) is 0 Å². The molecular formula is C16H12N4O5S2. The first-order chi connectivity index (χ1) is 13.0. The Morgan fingerprint density at radius 2 is 1.67 bits per heavy atom. The number of ether oxygens (including phenoxy) is 1. The lowest BCUT2D eigenvalue weighted by Crippen LogP contribution is -1.95. The summed E-state index contributed by atoms with van der Waals surface area (Å²) >= 11 is 2.68. The summed E-state index contributed by atoms with van der Waals surface area (Å²) in [6.45, 7) is 0. The number of aromatic nitrogens is 2. The van der Waals surface area contributed by atoms with Crippen LogP contribution >= 0.6 is 23.1 Å². The molecule has 0 aliphatic carbocycles. The summed E-state index contributed by atoms with van der Waals surface area (Å²) in [6.07, 6.45) is 0. The average molecular weight is 404 g/mol. The highest BCUT2D eigenvalue weighted by Crippen LogP contribution is 2.33. The second kappa shape index (κ2) is 8.10. The van der Waals surface area contributed by atoms with E-state index in [1.54, 1.807) is 7.11 Å². The Kier molecular flexibility index (Phi) is 5.62. The van der Waals surface area contributed by atoms with E-state index in [2.05, 4.69) is 10.2 Å². The number of rotatable bonds is 7. The van der Waals surface area contributed by atoms with Crippen molar-refractivity contribution < 1.29 is 14.6 Å². The molecule has 11 heteroatoms. The molecular weight excluding hydrogens is 392 g/mol. The Labute approximate surface area is 161 Å². The Bertz CT molecular complexity index is 958. The first kappa shape index (κ1) is 18.7. The zero-order valence-electron chi connectivity index (χ0n) is 13.9. The lowest BCUT2D eigenvalue weighted by atomic mass is 10.2. The molecule has 1 heterocycles. The largest absolute Gasteiger partial charge is 0.497 e. The van der Waals surface area contributed by atoms with Crippen molar-refractivity contribution in [2.75, 3.05) is 7.11 Å². The number of methoxy groups -OCH3 is 1. The molecule has 3 rings (SSSR count). The molecule has 0 spiro atoms. The topological polar surface area (TPSA) is 121 Å². The van der Waals surface area contributed by atoms with Gasteiger partial charge < -0.3 is 4.74 Å². The number of benzene rings is 2. The van der Waals surface area contributed by atoms with Gasteiger partial charge in [0.05, 0.1) is 23.0 Å². The molecule has 0 radical (unpaired) electrons. The van der Waals surface area contributed by atoms with E-state index in [1.807, 2.05) is 24.3 Å². The van der Waals surface area contributed by atoms with E-state index >= 15 is 0 Å². The molecule has 0 N–H and O–H groups in total. The van der Waals surface area contributed by atoms with E-state index in [0.717, 1.165) is 22.4 Å². The van der Waals surface area contributed by atoms with Crippen LogP contribution in [0, 0.1) is 20.2 Å². The van der Waals surface area contributed by atoms with Crippen LogP contribution in [0.15, 0.2) is 46.8 Å². The highest BCUT2D eigenvalue weighted by molar-refractivity contribution is 8.00. The summed E-state index contributed by atoms with van der Waals surface area (Å²) in [6, 6.07) is 11.0. The fourth-order valence-electron chi connectivity index (χ4n) is 2.21. The third-order valence-electron chi connectivity index (χ3n) is 3.49. The molecule has 0 bridgehead atoms. The molecule has 3 aromatic rings. The van der Waals surface area contributed by atoms with Gasteiger partial charge in [-0.15, -0.1) is 10.2 Å². The van der Waals surface area contributed by atoms with Crippen LogP contribution in [0.25, 0.3) is 10.6 Å². The van der Waals surface area contributed by atoms with Gasteiger partial charge in [0, 0.05) is 23.4 Å². The van der Waals surface area contributed by atoms with Crippen molar-refractivity contribution in [3.05, 3.63) is 68.3 Å². The van der Waals surface area contributed by atoms with Crippen molar-refractivity contribution in [2.45, 2.75) is 10.1 Å². The smallest absolute Gasteiger partial charge is 0.276 e. The molecule has 1 aromatic heterocycles. The van der Waals surface area contributed by atoms with Gasteiger partial charge in [-0.3, -0.25) is 20.2 Å². The van der Waals surface area contributed by atoms with Crippen LogP contribution in [-0.2, 0) is 5.75 Å². The van der Waals surface area contributed by atoms with Gasteiger partial charge in [0.25, 0.3) is 11.4 Å². The minimum absolute atomic E-state index is 0.305. The molecule has 0 atom stereocenters. The van der Waals surface area contributed by atoms with E-state index in [1.165, 1.54) is 35.2 Å². The van der Waals surface area contributed by atoms with Gasteiger partial charge in [0.2, 0.25) is 0 Å². The Morgan fingerprint density at radius 3 is 2.22 bits per heavy atom. The minimum atomic E-state index is -0.645. The third kappa shape index (κ3) is 4.57. The number of non-ortho nitro benzene ring substituents is 2. The van der Waals surface area contributed by atoms with Crippen LogP contribution in [0.3, 0.4) is 0 Å². The lowest BCUT2D eigenvalue weighted by molar-refractivity contribution is -0.394. The summed E-state index contributed by atoms with van der Waals surface area (Å²) in [4.78, 5) is 20.6. The number of nitro benzene ring substituents is 2. The van der Waals surface area contributed by atoms with Crippen LogP contribution in [0.2, 0.25) is 0 Å². The lowest BCUT2D eigenvalue weighted by Gasteiger charge is -2.00. The Balaban J connectivity index is 1.74. The van der Waals surface area contributed by atoms with Crippen molar-refractivity contribution in [3.63, 3.8) is 0 Å². The fraction of sp³-hybridized carbons (Fsp3) is 0.125. The maximum atomic E-state index is 11.0. The molecule has 0 saturated heterocycles. The van der Waals surface area contributed by atoms with E-state index in [4.69, 9.17) is 4.74 Å². The number of hydrogen-bond acceptors (Lipinski definition) is 9. The number of thioether (sulfide) groups is 1. The molecule has 0 aliphatic heterocycles. The average Bonchev–Trinajstić information content (AvgIpc) is 3.15. The quantitative estimate of drug-likeness (QED) is 0.324. The Morgan fingerprint density at radius 1 is 1.04 bits per heavy atom. The van der Waals surface area contributed by atoms with Crippen molar-refractivity contribution >= 4 is 34.5 Å². The summed E-state index contributed by atoms with van der Waals surface area (Å²) < 4.78 is 5.78. The predicted octanol–water partition coefficient (Wildman–Crippen LogP) is 4.32. The van der Waals surface area contributed by atoms with Gasteiger partial charge in [0.15, 0.2) is 4.34 Å². The maximum absolute atomic E-state index is 11.0. The second-order valence-electron chi connectivity index (χ2n) is 5.26.